The van der Waals surface area contributed by atoms with Crippen molar-refractivity contribution in [2.45, 2.75) is 12.8 Å². The summed E-state index contributed by atoms with van der Waals surface area (Å²) in [7, 11) is 0. The van der Waals surface area contributed by atoms with Crippen LogP contribution < -0.4 is 5.73 Å². The molecule has 0 aliphatic heterocycles. The number of anilines is 1. The van der Waals surface area contributed by atoms with Gasteiger partial charge >= 0.3 is 0 Å². The molecule has 0 radical (unpaired) electrons. The maximum absolute atomic E-state index is 12.7. The number of hydrogen-bond donors (Lipinski definition) is 1. The van der Waals surface area contributed by atoms with E-state index in [1.807, 2.05) is 12.1 Å². The van der Waals surface area contributed by atoms with Crippen LogP contribution in [0.1, 0.15) is 22.5 Å². The largest absolute Gasteiger partial charge is 0.397 e. The standard InChI is InChI=1S/C16H15ClN2OS/c1-2-8-19(9-10-6-7-10)16(20)15-14(18)13-11(17)4-3-5-12(13)21-15/h1,3-5,10H,6-9,18H2. The van der Waals surface area contributed by atoms with E-state index in [9.17, 15) is 4.79 Å². The van der Waals surface area contributed by atoms with Gasteiger partial charge in [-0.15, -0.1) is 17.8 Å². The Balaban J connectivity index is 1.98. The number of nitrogen functional groups attached to an aromatic ring is 1. The van der Waals surface area contributed by atoms with Gasteiger partial charge in [-0.2, -0.15) is 0 Å². The molecule has 0 bridgehead atoms. The van der Waals surface area contributed by atoms with Gasteiger partial charge in [-0.1, -0.05) is 23.6 Å². The number of benzene rings is 1. The Morgan fingerprint density at radius 1 is 1.52 bits per heavy atom. The Hall–Kier alpha value is -1.70. The fourth-order valence-corrected chi connectivity index (χ4v) is 3.82. The average Bonchev–Trinajstić information content (AvgIpc) is 3.21. The Morgan fingerprint density at radius 3 is 2.90 bits per heavy atom. The van der Waals surface area contributed by atoms with Crippen molar-refractivity contribution in [3.8, 4) is 12.3 Å². The fraction of sp³-hybridized carbons (Fsp3) is 0.312. The zero-order valence-electron chi connectivity index (χ0n) is 11.4. The van der Waals surface area contributed by atoms with Crippen molar-refractivity contribution in [1.29, 1.82) is 0 Å². The van der Waals surface area contributed by atoms with Crippen LogP contribution in [0, 0.1) is 18.3 Å². The number of nitrogens with two attached hydrogens (primary N) is 1. The number of halogens is 1. The number of nitrogens with zero attached hydrogens (tertiary/aromatic N) is 1. The lowest BCUT2D eigenvalue weighted by Gasteiger charge is -2.19. The number of terminal acetylenes is 1. The molecule has 1 fully saturated rings. The second-order valence-corrected chi connectivity index (χ2v) is 6.75. The Bertz CT molecular complexity index is 743. The maximum atomic E-state index is 12.7. The van der Waals surface area contributed by atoms with E-state index in [2.05, 4.69) is 5.92 Å². The molecule has 1 aliphatic rings. The Labute approximate surface area is 132 Å². The van der Waals surface area contributed by atoms with Crippen LogP contribution in [0.15, 0.2) is 18.2 Å². The zero-order chi connectivity index (χ0) is 15.0. The molecule has 21 heavy (non-hydrogen) atoms. The molecular weight excluding hydrogens is 304 g/mol. The molecule has 3 nitrogen and oxygen atoms in total. The van der Waals surface area contributed by atoms with Crippen LogP contribution in [0.2, 0.25) is 5.02 Å². The Kier molecular flexibility index (Phi) is 3.79. The monoisotopic (exact) mass is 318 g/mol. The van der Waals surface area contributed by atoms with Crippen LogP contribution >= 0.6 is 22.9 Å². The van der Waals surface area contributed by atoms with Crippen molar-refractivity contribution in [2.75, 3.05) is 18.8 Å². The van der Waals surface area contributed by atoms with Crippen molar-refractivity contribution < 1.29 is 4.79 Å². The molecule has 5 heteroatoms. The summed E-state index contributed by atoms with van der Waals surface area (Å²) in [5, 5.41) is 1.34. The number of carbonyl (C=O) groups is 1. The van der Waals surface area contributed by atoms with E-state index in [-0.39, 0.29) is 5.91 Å². The van der Waals surface area contributed by atoms with Crippen LogP contribution in [0.5, 0.6) is 0 Å². The molecule has 2 aromatic rings. The van der Waals surface area contributed by atoms with E-state index in [1.54, 1.807) is 11.0 Å². The minimum Gasteiger partial charge on any atom is -0.397 e. The second-order valence-electron chi connectivity index (χ2n) is 5.29. The van der Waals surface area contributed by atoms with Gasteiger partial charge in [-0.05, 0) is 30.9 Å². The van der Waals surface area contributed by atoms with Crippen molar-refractivity contribution in [1.82, 2.24) is 4.90 Å². The van der Waals surface area contributed by atoms with E-state index in [1.165, 1.54) is 24.2 Å². The van der Waals surface area contributed by atoms with Gasteiger partial charge in [0.25, 0.3) is 5.91 Å². The lowest BCUT2D eigenvalue weighted by atomic mass is 10.2. The molecule has 1 aromatic carbocycles. The molecule has 1 saturated carbocycles. The van der Waals surface area contributed by atoms with Crippen molar-refractivity contribution in [3.63, 3.8) is 0 Å². The minimum atomic E-state index is -0.0883. The molecule has 3 rings (SSSR count). The fourth-order valence-electron chi connectivity index (χ4n) is 2.37. The number of rotatable bonds is 4. The first-order chi connectivity index (χ1) is 10.1. The van der Waals surface area contributed by atoms with Gasteiger partial charge in [-0.25, -0.2) is 0 Å². The zero-order valence-corrected chi connectivity index (χ0v) is 13.0. The number of fused-ring (bicyclic) bond motifs is 1. The molecule has 0 atom stereocenters. The van der Waals surface area contributed by atoms with Gasteiger partial charge in [0.2, 0.25) is 0 Å². The lowest BCUT2D eigenvalue weighted by molar-refractivity contribution is 0.0775. The maximum Gasteiger partial charge on any atom is 0.266 e. The predicted molar refractivity (Wildman–Crippen MR) is 88.7 cm³/mol. The lowest BCUT2D eigenvalue weighted by Crippen LogP contribution is -2.33. The molecular formula is C16H15ClN2OS. The van der Waals surface area contributed by atoms with Crippen molar-refractivity contribution >= 4 is 44.6 Å². The normalized spacial score (nSPS) is 14.1. The second kappa shape index (κ2) is 5.59. The third kappa shape index (κ3) is 2.72. The van der Waals surface area contributed by atoms with Gasteiger partial charge in [0.15, 0.2) is 0 Å². The van der Waals surface area contributed by atoms with Crippen molar-refractivity contribution in [3.05, 3.63) is 28.1 Å². The first kappa shape index (κ1) is 14.2. The SMILES string of the molecule is C#CCN(CC1CC1)C(=O)c1sc2cccc(Cl)c2c1N. The van der Waals surface area contributed by atoms with E-state index in [0.717, 1.165) is 10.1 Å². The van der Waals surface area contributed by atoms with Crippen LogP contribution in [-0.2, 0) is 0 Å². The van der Waals surface area contributed by atoms with Crippen LogP contribution in [0.3, 0.4) is 0 Å². The quantitative estimate of drug-likeness (QED) is 0.875. The molecule has 0 saturated heterocycles. The summed E-state index contributed by atoms with van der Waals surface area (Å²) in [6.07, 6.45) is 7.72. The van der Waals surface area contributed by atoms with Crippen LogP contribution in [0.25, 0.3) is 10.1 Å². The van der Waals surface area contributed by atoms with Gasteiger partial charge in [0.1, 0.15) is 4.88 Å². The van der Waals surface area contributed by atoms with E-state index < -0.39 is 0 Å². The highest BCUT2D eigenvalue weighted by molar-refractivity contribution is 7.21. The summed E-state index contributed by atoms with van der Waals surface area (Å²) in [5.74, 6) is 3.06. The molecule has 2 N–H and O–H groups in total. The van der Waals surface area contributed by atoms with E-state index in [4.69, 9.17) is 23.8 Å². The first-order valence-electron chi connectivity index (χ1n) is 6.81. The summed E-state index contributed by atoms with van der Waals surface area (Å²) in [6.45, 7) is 1.03. The first-order valence-corrected chi connectivity index (χ1v) is 8.00. The minimum absolute atomic E-state index is 0.0883. The highest BCUT2D eigenvalue weighted by atomic mass is 35.5. The summed E-state index contributed by atoms with van der Waals surface area (Å²) in [6, 6.07) is 5.56. The van der Waals surface area contributed by atoms with E-state index >= 15 is 0 Å². The third-order valence-corrected chi connectivity index (χ3v) is 5.11. The molecule has 0 unspecified atom stereocenters. The smallest absolute Gasteiger partial charge is 0.266 e. The highest BCUT2D eigenvalue weighted by Gasteiger charge is 2.29. The van der Waals surface area contributed by atoms with Crippen LogP contribution in [0.4, 0.5) is 5.69 Å². The molecule has 0 spiro atoms. The Morgan fingerprint density at radius 2 is 2.29 bits per heavy atom. The highest BCUT2D eigenvalue weighted by Crippen LogP contribution is 2.39. The summed E-state index contributed by atoms with van der Waals surface area (Å²) < 4.78 is 0.926. The van der Waals surface area contributed by atoms with Gasteiger partial charge in [0, 0.05) is 16.6 Å². The average molecular weight is 319 g/mol. The molecule has 1 aromatic heterocycles. The van der Waals surface area contributed by atoms with Gasteiger partial charge < -0.3 is 10.6 Å². The third-order valence-electron chi connectivity index (χ3n) is 3.64. The molecule has 1 heterocycles. The summed E-state index contributed by atoms with van der Waals surface area (Å²) in [5.41, 5.74) is 6.61. The van der Waals surface area contributed by atoms with Gasteiger partial charge in [0.05, 0.1) is 17.3 Å². The molecule has 1 aliphatic carbocycles. The number of carbonyl (C=O) groups excluding carboxylic acids is 1. The molecule has 108 valence electrons. The van der Waals surface area contributed by atoms with Crippen LogP contribution in [-0.4, -0.2) is 23.9 Å². The predicted octanol–water partition coefficient (Wildman–Crippen LogP) is 3.62. The topological polar surface area (TPSA) is 46.3 Å². The summed E-state index contributed by atoms with van der Waals surface area (Å²) >= 11 is 7.56. The number of thiophene rings is 1. The van der Waals surface area contributed by atoms with Crippen molar-refractivity contribution in [2.24, 2.45) is 5.92 Å². The van der Waals surface area contributed by atoms with E-state index in [0.29, 0.717) is 34.6 Å². The number of hydrogen-bond acceptors (Lipinski definition) is 3. The number of amides is 1. The summed E-state index contributed by atoms with van der Waals surface area (Å²) in [4.78, 5) is 15.0. The molecule has 1 amide bonds. The van der Waals surface area contributed by atoms with Gasteiger partial charge in [-0.3, -0.25) is 4.79 Å².